The van der Waals surface area contributed by atoms with Crippen molar-refractivity contribution in [3.05, 3.63) is 342 Å². The van der Waals surface area contributed by atoms with Crippen molar-refractivity contribution >= 4 is 160 Å². The van der Waals surface area contributed by atoms with Gasteiger partial charge in [0, 0.05) is 105 Å². The summed E-state index contributed by atoms with van der Waals surface area (Å²) in [7, 11) is 18.4. The Morgan fingerprint density at radius 2 is 0.559 bits per heavy atom. The summed E-state index contributed by atoms with van der Waals surface area (Å²) in [6.45, 7) is 32.4. The van der Waals surface area contributed by atoms with E-state index < -0.39 is 29.4 Å². The fourth-order valence-electron chi connectivity index (χ4n) is 10.8. The van der Waals surface area contributed by atoms with E-state index in [-0.39, 0.29) is 131 Å². The maximum absolute atomic E-state index is 11.1. The van der Waals surface area contributed by atoms with E-state index in [1.54, 1.807) is 103 Å². The number of carbonyl (C=O) groups is 6. The van der Waals surface area contributed by atoms with Crippen molar-refractivity contribution in [2.24, 2.45) is 10.8 Å². The molecule has 5 heterocycles. The number of pyridine rings is 4. The number of carbonyl (C=O) groups excluding carboxylic acids is 2. The van der Waals surface area contributed by atoms with Gasteiger partial charge in [0.15, 0.2) is 0 Å². The molecule has 0 unspecified atom stereocenters. The van der Waals surface area contributed by atoms with Crippen LogP contribution < -0.4 is 5.32 Å². The van der Waals surface area contributed by atoms with Gasteiger partial charge in [0.05, 0.1) is 155 Å². The molecule has 0 saturated carbocycles. The van der Waals surface area contributed by atoms with E-state index in [4.69, 9.17) is 56.2 Å². The van der Waals surface area contributed by atoms with E-state index in [9.17, 15) is 28.8 Å². The molecular formula is C104H154Cl4N14O17Pt4-4. The SMILES string of the molecule is CC(C)(C)C(=O)O.CC(C)(C)CC(C)(C)NC(=O)O.CCC(=O)O.C[CH+]C.C[CH+]C.C[CH+]C.C[CH+]C.O=C(O)CCCCCN1C(=O)C=CC1=O.OCCO.OCCO.OCCO.OCc1ccccc1.[Cl][Pt].[Cl][Pt].[Cl][Pt].[Cl][Pt].[NH2-].[NH2-].[NH2-].[NH2-].[NH2-].[NH2-].[NH2-].[NH2-].c1ccc2c(c1)cnc1ccccc12.c1ccc2c(c1)cnc1ccccc12.c1ccc2c(c1)cnc1ccccc12.c1ccc2c(c1)cnc1ccccc12. The van der Waals surface area contributed by atoms with Crippen LogP contribution in [0.4, 0.5) is 4.79 Å². The number of aliphatic carboxylic acids is 3. The molecule has 814 valence electrons. The number of halogens is 4. The van der Waals surface area contributed by atoms with Crippen LogP contribution in [0.3, 0.4) is 0 Å². The van der Waals surface area contributed by atoms with Gasteiger partial charge in [-0.1, -0.05) is 234 Å². The minimum Gasteiger partial charge on any atom is -0.693 e. The topological polar surface area (TPSA) is 660 Å². The number of carboxylic acid groups (broad SMARTS) is 4. The van der Waals surface area contributed by atoms with Crippen LogP contribution in [0.5, 0.6) is 0 Å². The summed E-state index contributed by atoms with van der Waals surface area (Å²) in [6, 6.07) is 75.8. The summed E-state index contributed by atoms with van der Waals surface area (Å²) in [5, 5.41) is 104. The van der Waals surface area contributed by atoms with Crippen LogP contribution in [0, 0.1) is 36.5 Å². The number of aliphatic hydroxyl groups is 7. The zero-order chi connectivity index (χ0) is 104. The average Bonchev–Trinajstić information content (AvgIpc) is 1.12. The van der Waals surface area contributed by atoms with Gasteiger partial charge in [0.25, 0.3) is 11.8 Å². The number of hydrogen-bond acceptors (Lipinski definition) is 17. The minimum atomic E-state index is -0.954. The number of para-hydroxylation sites is 4. The number of nitrogens with two attached hydrogens (primary N) is 8. The Balaban J connectivity index is -0.000000105. The van der Waals surface area contributed by atoms with Gasteiger partial charge in [0.2, 0.25) is 0 Å². The van der Waals surface area contributed by atoms with Crippen LogP contribution in [0.1, 0.15) is 162 Å². The number of nitrogens with zero attached hydrogens (tertiary/aromatic N) is 5. The van der Waals surface area contributed by atoms with Gasteiger partial charge < -0.3 is 111 Å². The molecule has 0 atom stereocenters. The molecule has 13 aromatic rings. The second-order valence-electron chi connectivity index (χ2n) is 30.5. The first kappa shape index (κ1) is 165. The second kappa shape index (κ2) is 107. The molecule has 31 nitrogen and oxygen atoms in total. The summed E-state index contributed by atoms with van der Waals surface area (Å²) in [5.41, 5.74) is 4.43. The number of hydrogen-bond donors (Lipinski definition) is 12. The van der Waals surface area contributed by atoms with Crippen LogP contribution in [0.25, 0.3) is 136 Å². The van der Waals surface area contributed by atoms with Crippen molar-refractivity contribution < 1.29 is 160 Å². The van der Waals surface area contributed by atoms with Crippen LogP contribution >= 0.6 is 37.7 Å². The molecule has 4 aromatic heterocycles. The molecule has 0 saturated heterocycles. The molecule has 0 aliphatic carbocycles. The number of carboxylic acids is 3. The smallest absolute Gasteiger partial charge is 0.0708 e. The molecule has 143 heavy (non-hydrogen) atoms. The maximum atomic E-state index is 11.1. The largest absolute Gasteiger partial charge is 0.693 e. The molecular weight excluding hydrogens is 2640 g/mol. The van der Waals surface area contributed by atoms with E-state index in [2.05, 4.69) is 205 Å². The first-order valence-corrected chi connectivity index (χ1v) is 53.7. The van der Waals surface area contributed by atoms with Crippen LogP contribution in [0.15, 0.2) is 261 Å². The van der Waals surface area contributed by atoms with Gasteiger partial charge in [0.1, 0.15) is 0 Å². The monoisotopic (exact) mass is 2790 g/mol. The molecule has 1 aliphatic rings. The second-order valence-corrected chi connectivity index (χ2v) is 30.5. The van der Waals surface area contributed by atoms with Crippen molar-refractivity contribution in [3.63, 3.8) is 0 Å². The molecule has 0 bridgehead atoms. The number of fused-ring (bicyclic) bond motifs is 12. The quantitative estimate of drug-likeness (QED) is 0.0221. The Labute approximate surface area is 909 Å². The number of imide groups is 1. The zero-order valence-corrected chi connectivity index (χ0v) is 96.6. The Bertz CT molecular complexity index is 4570. The standard InChI is InChI=1S/4C13H9N.C10H13NO4.C9H19NO2.C7H8O.C5H10O2.C3H6O2.4C3H7.3C2H6O2.4ClH.8H2N.4Pt/c4*1-2-6-11-10(5-1)9-14-13-8-4-3-7-12(11)13;12-8-5-6-9(13)11(8)7-3-1-2-4-10(14)15;1-8(2,3)6-9(4,5)10-7(11)12;8-6-7-4-2-1-3-5-7;1-5(2,3)4(6)7;1-2-3(4)5;4*1-3-2;3*3-1-2-4;;;;;;;;;;;;;;;;/h4*1-9H;5-6H,1-4,7H2,(H,14,15);10H,6H2,1-5H3,(H,11,12);1-5,8H,6H2;1-3H3,(H,6,7);2H2,1H3,(H,4,5);4*3H,1-2H3;3*3-4H,1-2H2;4*1H;8*1H2;;;;/q;;;;;;;;;4*+1;;;;;;;;8*-1;4*+1/p-4. The predicted molar refractivity (Wildman–Crippen MR) is 586 cm³/mol. The van der Waals surface area contributed by atoms with E-state index in [0.29, 0.717) is 25.8 Å². The fraction of sp³-hybridized carbons (Fsp3) is 0.327. The fourth-order valence-corrected chi connectivity index (χ4v) is 10.8. The number of aromatic nitrogens is 4. The number of amides is 3. The molecule has 3 amide bonds. The predicted octanol–water partition coefficient (Wildman–Crippen LogP) is 29.7. The average molecular weight is 2790 g/mol. The summed E-state index contributed by atoms with van der Waals surface area (Å²) in [6.07, 6.45) is 20.4. The molecule has 0 fully saturated rings. The van der Waals surface area contributed by atoms with Gasteiger partial charge in [-0.15, -0.1) is 0 Å². The van der Waals surface area contributed by atoms with Crippen molar-refractivity contribution in [3.8, 4) is 0 Å². The van der Waals surface area contributed by atoms with Gasteiger partial charge in [-0.3, -0.25) is 48.8 Å². The molecule has 39 heteroatoms. The van der Waals surface area contributed by atoms with E-state index in [1.165, 1.54) is 81.7 Å². The first-order chi connectivity index (χ1) is 64.6. The van der Waals surface area contributed by atoms with Crippen molar-refractivity contribution in [1.82, 2.24) is 30.2 Å². The molecule has 9 aromatic carbocycles. The molecule has 0 spiro atoms. The maximum Gasteiger partial charge on any atom is 0.0708 e. The van der Waals surface area contributed by atoms with Crippen molar-refractivity contribution in [1.29, 1.82) is 0 Å². The van der Waals surface area contributed by atoms with Gasteiger partial charge >= 0.3 is 137 Å². The Hall–Kier alpha value is -8.99. The van der Waals surface area contributed by atoms with E-state index >= 15 is 0 Å². The van der Waals surface area contributed by atoms with Gasteiger partial charge in [-0.2, -0.15) is 0 Å². The Kier molecular flexibility index (Phi) is 123. The number of unbranched alkanes of at least 4 members (excludes halogenated alkanes) is 2. The molecule has 0 radical (unpaired) electrons. The third-order valence-corrected chi connectivity index (χ3v) is 15.9. The summed E-state index contributed by atoms with van der Waals surface area (Å²) in [4.78, 5) is 80.9. The molecule has 14 rings (SSSR count). The molecule has 1 aliphatic heterocycles. The van der Waals surface area contributed by atoms with Crippen LogP contribution in [-0.2, 0) is 106 Å². The third kappa shape index (κ3) is 80.9. The van der Waals surface area contributed by atoms with Crippen LogP contribution in [0.2, 0.25) is 0 Å². The number of aliphatic hydroxyl groups excluding tert-OH is 7. The first-order valence-electron chi connectivity index (χ1n) is 42.4. The van der Waals surface area contributed by atoms with E-state index in [0.717, 1.165) is 34.1 Å². The summed E-state index contributed by atoms with van der Waals surface area (Å²) in [5.74, 6) is -2.88. The molecule has 28 N–H and O–H groups in total. The number of nitrogens with one attached hydrogen (secondary N) is 1. The van der Waals surface area contributed by atoms with E-state index in [1.807, 2.05) is 223 Å². The van der Waals surface area contributed by atoms with Crippen molar-refractivity contribution in [2.45, 2.75) is 168 Å². The number of rotatable bonds is 13. The zero-order valence-electron chi connectivity index (χ0n) is 84.5. The normalized spacial score (nSPS) is 9.44. The van der Waals surface area contributed by atoms with Crippen molar-refractivity contribution in [2.75, 3.05) is 46.2 Å². The van der Waals surface area contributed by atoms with Crippen LogP contribution in [-0.4, -0.2) is 169 Å². The summed E-state index contributed by atoms with van der Waals surface area (Å²) >= 11 is 6.44. The Morgan fingerprint density at radius 1 is 0.343 bits per heavy atom. The Morgan fingerprint density at radius 3 is 0.748 bits per heavy atom. The summed E-state index contributed by atoms with van der Waals surface area (Å²) < 4.78 is 0. The van der Waals surface area contributed by atoms with Gasteiger partial charge in [-0.05, 0) is 111 Å². The third-order valence-electron chi connectivity index (χ3n) is 15.9. The van der Waals surface area contributed by atoms with Gasteiger partial charge in [-0.25, -0.2) is 4.79 Å². The minimum absolute atomic E-state index is 0. The number of benzene rings is 9.